The van der Waals surface area contributed by atoms with Crippen molar-refractivity contribution in [2.75, 3.05) is 20.3 Å². The van der Waals surface area contributed by atoms with E-state index in [4.69, 9.17) is 14.2 Å². The molecule has 1 spiro atoms. The molecule has 1 heterocycles. The molecule has 0 radical (unpaired) electrons. The number of methoxy groups -OCH3 is 1. The van der Waals surface area contributed by atoms with E-state index in [9.17, 15) is 4.79 Å². The van der Waals surface area contributed by atoms with Crippen LogP contribution in [-0.4, -0.2) is 32.1 Å². The highest BCUT2D eigenvalue weighted by atomic mass is 16.7. The van der Waals surface area contributed by atoms with Crippen molar-refractivity contribution in [3.63, 3.8) is 0 Å². The van der Waals surface area contributed by atoms with Gasteiger partial charge in [-0.15, -0.1) is 0 Å². The van der Waals surface area contributed by atoms with Crippen LogP contribution in [0.3, 0.4) is 0 Å². The summed E-state index contributed by atoms with van der Waals surface area (Å²) in [6, 6.07) is 7.75. The van der Waals surface area contributed by atoms with Gasteiger partial charge in [-0.1, -0.05) is 12.1 Å². The molecule has 1 saturated carbocycles. The van der Waals surface area contributed by atoms with E-state index in [1.165, 1.54) is 12.7 Å². The minimum absolute atomic E-state index is 0.285. The van der Waals surface area contributed by atoms with Crippen LogP contribution in [0.15, 0.2) is 24.3 Å². The summed E-state index contributed by atoms with van der Waals surface area (Å²) in [7, 11) is 1.40. The maximum absolute atomic E-state index is 11.4. The van der Waals surface area contributed by atoms with Gasteiger partial charge < -0.3 is 14.2 Å². The first-order valence-electron chi connectivity index (χ1n) is 7.19. The van der Waals surface area contributed by atoms with Crippen molar-refractivity contribution in [2.24, 2.45) is 0 Å². The Hall–Kier alpha value is -1.39. The monoisotopic (exact) mass is 276 g/mol. The molecule has 4 nitrogen and oxygen atoms in total. The van der Waals surface area contributed by atoms with Gasteiger partial charge in [0.1, 0.15) is 0 Å². The van der Waals surface area contributed by atoms with Crippen LogP contribution in [0, 0.1) is 0 Å². The minimum atomic E-state index is -0.303. The number of carbonyl (C=O) groups excluding carboxylic acids is 1. The predicted octanol–water partition coefficient (Wildman–Crippen LogP) is 2.87. The zero-order valence-corrected chi connectivity index (χ0v) is 11.8. The second-order valence-electron chi connectivity index (χ2n) is 5.50. The molecule has 0 unspecified atom stereocenters. The number of carbonyl (C=O) groups is 1. The van der Waals surface area contributed by atoms with Crippen molar-refractivity contribution in [2.45, 2.75) is 37.4 Å². The highest BCUT2D eigenvalue weighted by Gasteiger charge is 2.40. The van der Waals surface area contributed by atoms with E-state index in [-0.39, 0.29) is 11.8 Å². The molecule has 0 amide bonds. The standard InChI is InChI=1S/C16H20O4/c1-18-15(17)14-4-2-12(3-5-14)13-6-8-16(9-7-13)19-10-11-20-16/h2-5,13H,6-11H2,1H3. The van der Waals surface area contributed by atoms with E-state index in [0.29, 0.717) is 11.5 Å². The molecular weight excluding hydrogens is 256 g/mol. The third-order valence-electron chi connectivity index (χ3n) is 4.36. The zero-order valence-electron chi connectivity index (χ0n) is 11.8. The van der Waals surface area contributed by atoms with Crippen molar-refractivity contribution in [3.8, 4) is 0 Å². The van der Waals surface area contributed by atoms with Gasteiger partial charge in [0.15, 0.2) is 5.79 Å². The molecule has 2 aliphatic rings. The average molecular weight is 276 g/mol. The van der Waals surface area contributed by atoms with E-state index in [2.05, 4.69) is 0 Å². The number of benzene rings is 1. The Morgan fingerprint density at radius 1 is 1.15 bits per heavy atom. The van der Waals surface area contributed by atoms with Gasteiger partial charge in [0.05, 0.1) is 25.9 Å². The Morgan fingerprint density at radius 2 is 1.75 bits per heavy atom. The number of esters is 1. The minimum Gasteiger partial charge on any atom is -0.465 e. The number of hydrogen-bond acceptors (Lipinski definition) is 4. The highest BCUT2D eigenvalue weighted by Crippen LogP contribution is 2.42. The van der Waals surface area contributed by atoms with Gasteiger partial charge >= 0.3 is 5.97 Å². The fraction of sp³-hybridized carbons (Fsp3) is 0.562. The molecule has 20 heavy (non-hydrogen) atoms. The Labute approximate surface area is 119 Å². The first kappa shape index (κ1) is 13.6. The summed E-state index contributed by atoms with van der Waals surface area (Å²) in [5.74, 6) is -0.0605. The molecule has 3 rings (SSSR count). The molecule has 0 bridgehead atoms. The average Bonchev–Trinajstić information content (AvgIpc) is 2.96. The van der Waals surface area contributed by atoms with E-state index >= 15 is 0 Å². The molecule has 0 N–H and O–H groups in total. The zero-order chi connectivity index (χ0) is 14.0. The lowest BCUT2D eigenvalue weighted by Crippen LogP contribution is -2.34. The quantitative estimate of drug-likeness (QED) is 0.779. The fourth-order valence-electron chi connectivity index (χ4n) is 3.19. The topological polar surface area (TPSA) is 44.8 Å². The normalized spacial score (nSPS) is 22.1. The molecule has 1 saturated heterocycles. The lowest BCUT2D eigenvalue weighted by molar-refractivity contribution is -0.178. The van der Waals surface area contributed by atoms with Crippen LogP contribution >= 0.6 is 0 Å². The fourth-order valence-corrected chi connectivity index (χ4v) is 3.19. The SMILES string of the molecule is COC(=O)c1ccc(C2CCC3(CC2)OCCO3)cc1. The van der Waals surface area contributed by atoms with E-state index in [1.54, 1.807) is 0 Å². The summed E-state index contributed by atoms with van der Waals surface area (Å²) >= 11 is 0. The molecule has 2 fully saturated rings. The lowest BCUT2D eigenvalue weighted by atomic mass is 9.81. The van der Waals surface area contributed by atoms with Crippen LogP contribution in [0.5, 0.6) is 0 Å². The van der Waals surface area contributed by atoms with Crippen LogP contribution in [0.2, 0.25) is 0 Å². The smallest absolute Gasteiger partial charge is 0.337 e. The van der Waals surface area contributed by atoms with Gasteiger partial charge in [-0.2, -0.15) is 0 Å². The Balaban J connectivity index is 1.64. The van der Waals surface area contributed by atoms with Crippen LogP contribution < -0.4 is 0 Å². The van der Waals surface area contributed by atoms with Gasteiger partial charge in [0.2, 0.25) is 0 Å². The molecule has 1 aliphatic heterocycles. The molecule has 0 aromatic heterocycles. The van der Waals surface area contributed by atoms with Crippen molar-refractivity contribution in [3.05, 3.63) is 35.4 Å². The Morgan fingerprint density at radius 3 is 2.30 bits per heavy atom. The maximum Gasteiger partial charge on any atom is 0.337 e. The van der Waals surface area contributed by atoms with Crippen molar-refractivity contribution >= 4 is 5.97 Å². The molecule has 1 aliphatic carbocycles. The van der Waals surface area contributed by atoms with Crippen molar-refractivity contribution < 1.29 is 19.0 Å². The van der Waals surface area contributed by atoms with Crippen LogP contribution in [-0.2, 0) is 14.2 Å². The van der Waals surface area contributed by atoms with Crippen LogP contribution in [0.25, 0.3) is 0 Å². The number of hydrogen-bond donors (Lipinski definition) is 0. The van der Waals surface area contributed by atoms with Crippen molar-refractivity contribution in [1.29, 1.82) is 0 Å². The van der Waals surface area contributed by atoms with E-state index in [1.807, 2.05) is 24.3 Å². The van der Waals surface area contributed by atoms with E-state index < -0.39 is 0 Å². The second-order valence-corrected chi connectivity index (χ2v) is 5.50. The molecular formula is C16H20O4. The third kappa shape index (κ3) is 2.58. The van der Waals surface area contributed by atoms with Gasteiger partial charge in [0.25, 0.3) is 0 Å². The number of ether oxygens (including phenoxy) is 3. The van der Waals surface area contributed by atoms with Gasteiger partial charge in [-0.3, -0.25) is 0 Å². The first-order chi connectivity index (χ1) is 9.72. The Kier molecular flexibility index (Phi) is 3.76. The second kappa shape index (κ2) is 5.54. The van der Waals surface area contributed by atoms with Crippen LogP contribution in [0.4, 0.5) is 0 Å². The maximum atomic E-state index is 11.4. The molecule has 1 aromatic rings. The van der Waals surface area contributed by atoms with Gasteiger partial charge in [0, 0.05) is 12.8 Å². The highest BCUT2D eigenvalue weighted by molar-refractivity contribution is 5.89. The summed E-state index contributed by atoms with van der Waals surface area (Å²) in [6.45, 7) is 1.44. The molecule has 0 atom stereocenters. The van der Waals surface area contributed by atoms with Gasteiger partial charge in [-0.25, -0.2) is 4.79 Å². The molecule has 108 valence electrons. The number of rotatable bonds is 2. The molecule has 4 heteroatoms. The van der Waals surface area contributed by atoms with Gasteiger partial charge in [-0.05, 0) is 36.5 Å². The van der Waals surface area contributed by atoms with E-state index in [0.717, 1.165) is 38.9 Å². The Bertz CT molecular complexity index is 464. The third-order valence-corrected chi connectivity index (χ3v) is 4.36. The largest absolute Gasteiger partial charge is 0.465 e. The first-order valence-corrected chi connectivity index (χ1v) is 7.19. The molecule has 1 aromatic carbocycles. The summed E-state index contributed by atoms with van der Waals surface area (Å²) in [6.07, 6.45) is 4.04. The predicted molar refractivity (Wildman–Crippen MR) is 73.6 cm³/mol. The summed E-state index contributed by atoms with van der Waals surface area (Å²) in [4.78, 5) is 11.4. The van der Waals surface area contributed by atoms with Crippen LogP contribution in [0.1, 0.15) is 47.5 Å². The lowest BCUT2D eigenvalue weighted by Gasteiger charge is -2.35. The summed E-state index contributed by atoms with van der Waals surface area (Å²) < 4.78 is 16.2. The summed E-state index contributed by atoms with van der Waals surface area (Å²) in [5, 5.41) is 0. The van der Waals surface area contributed by atoms with Crippen molar-refractivity contribution in [1.82, 2.24) is 0 Å². The summed E-state index contributed by atoms with van der Waals surface area (Å²) in [5.41, 5.74) is 1.89.